The van der Waals surface area contributed by atoms with Crippen LogP contribution in [0.5, 0.6) is 0 Å². The number of nitrogens with zero attached hydrogens (tertiary/aromatic N) is 6. The van der Waals surface area contributed by atoms with Crippen LogP contribution in [0, 0.1) is 5.82 Å². The first-order chi connectivity index (χ1) is 17.7. The predicted molar refractivity (Wildman–Crippen MR) is 136 cm³/mol. The molecule has 5 heterocycles. The van der Waals surface area contributed by atoms with E-state index in [0.717, 1.165) is 67.7 Å². The first-order valence-corrected chi connectivity index (χ1v) is 12.7. The second-order valence-corrected chi connectivity index (χ2v) is 9.98. The number of halogens is 1. The second-order valence-electron chi connectivity index (χ2n) is 9.98. The summed E-state index contributed by atoms with van der Waals surface area (Å²) in [7, 11) is 0. The summed E-state index contributed by atoms with van der Waals surface area (Å²) in [6.45, 7) is 3.65. The Morgan fingerprint density at radius 3 is 2.67 bits per heavy atom. The summed E-state index contributed by atoms with van der Waals surface area (Å²) in [6.07, 6.45) is 8.95. The average molecular weight is 489 g/mol. The fourth-order valence-corrected chi connectivity index (χ4v) is 5.40. The van der Waals surface area contributed by atoms with Crippen LogP contribution in [-0.4, -0.2) is 66.5 Å². The van der Waals surface area contributed by atoms with Crippen molar-refractivity contribution in [3.63, 3.8) is 0 Å². The van der Waals surface area contributed by atoms with Crippen LogP contribution < -0.4 is 15.5 Å². The van der Waals surface area contributed by atoms with Gasteiger partial charge in [-0.25, -0.2) is 14.4 Å². The number of nitrogens with one attached hydrogen (secondary N) is 4. The third-order valence-electron chi connectivity index (χ3n) is 7.52. The minimum Gasteiger partial charge on any atom is -0.380 e. The van der Waals surface area contributed by atoms with Gasteiger partial charge in [0.25, 0.3) is 0 Å². The minimum atomic E-state index is -0.284. The molecule has 0 radical (unpaired) electrons. The van der Waals surface area contributed by atoms with Gasteiger partial charge in [-0.1, -0.05) is 0 Å². The lowest BCUT2D eigenvalue weighted by Crippen LogP contribution is -2.40. The van der Waals surface area contributed by atoms with Gasteiger partial charge in [0, 0.05) is 43.8 Å². The fourth-order valence-electron chi connectivity index (χ4n) is 5.40. The van der Waals surface area contributed by atoms with Crippen molar-refractivity contribution >= 4 is 34.3 Å². The van der Waals surface area contributed by atoms with E-state index in [4.69, 9.17) is 4.98 Å². The van der Waals surface area contributed by atoms with Gasteiger partial charge in [0.2, 0.25) is 5.95 Å². The molecule has 3 aliphatic rings. The van der Waals surface area contributed by atoms with E-state index in [1.54, 1.807) is 18.7 Å². The van der Waals surface area contributed by atoms with Gasteiger partial charge in [0.15, 0.2) is 11.5 Å². The van der Waals surface area contributed by atoms with Crippen LogP contribution in [0.25, 0.3) is 11.2 Å². The Morgan fingerprint density at radius 1 is 0.972 bits per heavy atom. The highest BCUT2D eigenvalue weighted by Crippen LogP contribution is 2.31. The van der Waals surface area contributed by atoms with Crippen molar-refractivity contribution < 1.29 is 4.39 Å². The molecule has 0 atom stereocenters. The summed E-state index contributed by atoms with van der Waals surface area (Å²) < 4.78 is 15.0. The third-order valence-corrected chi connectivity index (χ3v) is 7.52. The Kier molecular flexibility index (Phi) is 5.23. The number of piperidine rings is 1. The molecule has 3 aromatic heterocycles. The van der Waals surface area contributed by atoms with Gasteiger partial charge >= 0.3 is 0 Å². The van der Waals surface area contributed by atoms with Crippen molar-refractivity contribution in [3.05, 3.63) is 48.1 Å². The Morgan fingerprint density at radius 2 is 1.83 bits per heavy atom. The van der Waals surface area contributed by atoms with E-state index in [1.165, 1.54) is 18.9 Å². The number of hydrogen-bond donors (Lipinski definition) is 4. The number of imidazole rings is 2. The molecule has 11 heteroatoms. The van der Waals surface area contributed by atoms with E-state index >= 15 is 4.39 Å². The number of aromatic nitrogens is 6. The topological polar surface area (TPSA) is 114 Å². The van der Waals surface area contributed by atoms with E-state index in [1.807, 2.05) is 6.07 Å². The average Bonchev–Trinajstić information content (AvgIpc) is 3.44. The largest absolute Gasteiger partial charge is 0.380 e. The van der Waals surface area contributed by atoms with Gasteiger partial charge in [-0.15, -0.1) is 0 Å². The van der Waals surface area contributed by atoms with Gasteiger partial charge in [-0.3, -0.25) is 0 Å². The Hall–Kier alpha value is -3.73. The lowest BCUT2D eigenvalue weighted by molar-refractivity contribution is 0.210. The van der Waals surface area contributed by atoms with Crippen molar-refractivity contribution in [2.75, 3.05) is 35.2 Å². The first kappa shape index (κ1) is 21.5. The molecular weight excluding hydrogens is 459 g/mol. The summed E-state index contributed by atoms with van der Waals surface area (Å²) in [5.74, 6) is 0.859. The van der Waals surface area contributed by atoms with Crippen LogP contribution in [0.15, 0.2) is 30.9 Å². The van der Waals surface area contributed by atoms with Crippen molar-refractivity contribution in [3.8, 4) is 0 Å². The smallest absolute Gasteiger partial charge is 0.231 e. The van der Waals surface area contributed by atoms with Crippen molar-refractivity contribution in [2.45, 2.75) is 50.7 Å². The molecule has 4 N–H and O–H groups in total. The maximum absolute atomic E-state index is 15.0. The van der Waals surface area contributed by atoms with E-state index in [2.05, 4.69) is 45.4 Å². The third kappa shape index (κ3) is 4.13. The number of aromatic amines is 2. The lowest BCUT2D eigenvalue weighted by atomic mass is 10.0. The molecule has 0 unspecified atom stereocenters. The molecule has 1 saturated carbocycles. The molecule has 1 aliphatic carbocycles. The predicted octanol–water partition coefficient (Wildman–Crippen LogP) is 3.56. The second kappa shape index (κ2) is 8.74. The summed E-state index contributed by atoms with van der Waals surface area (Å²) >= 11 is 0. The van der Waals surface area contributed by atoms with E-state index < -0.39 is 0 Å². The molecule has 1 aromatic carbocycles. The summed E-state index contributed by atoms with van der Waals surface area (Å²) in [5, 5.41) is 6.59. The zero-order chi connectivity index (χ0) is 24.1. The molecule has 10 nitrogen and oxygen atoms in total. The van der Waals surface area contributed by atoms with Crippen LogP contribution in [0.1, 0.15) is 37.1 Å². The highest BCUT2D eigenvalue weighted by atomic mass is 19.1. The van der Waals surface area contributed by atoms with Crippen molar-refractivity contribution in [2.24, 2.45) is 0 Å². The van der Waals surface area contributed by atoms with Gasteiger partial charge in [0.05, 0.1) is 36.3 Å². The lowest BCUT2D eigenvalue weighted by Gasteiger charge is -2.33. The minimum absolute atomic E-state index is 0.284. The molecule has 7 rings (SSSR count). The molecule has 0 bridgehead atoms. The first-order valence-electron chi connectivity index (χ1n) is 12.7. The van der Waals surface area contributed by atoms with Crippen LogP contribution in [-0.2, 0) is 13.0 Å². The summed E-state index contributed by atoms with van der Waals surface area (Å²) in [5.41, 5.74) is 4.66. The maximum Gasteiger partial charge on any atom is 0.231 e. The number of likely N-dealkylation sites (tertiary alicyclic amines) is 1. The molecule has 186 valence electrons. The molecule has 1 saturated heterocycles. The summed E-state index contributed by atoms with van der Waals surface area (Å²) in [6, 6.07) is 6.26. The summed E-state index contributed by atoms with van der Waals surface area (Å²) in [4.78, 5) is 29.2. The van der Waals surface area contributed by atoms with Gasteiger partial charge in [-0.2, -0.15) is 9.97 Å². The zero-order valence-electron chi connectivity index (χ0n) is 20.0. The van der Waals surface area contributed by atoms with E-state index in [9.17, 15) is 0 Å². The fraction of sp³-hybridized carbons (Fsp3) is 0.440. The number of fused-ring (bicyclic) bond motifs is 2. The SMILES string of the molecule is Fc1cc(Nc2nc(N3CCc4nc[nH]c4C3)c3[nH]cnc3n2)ccc1NC1CCN(C2CC2)CC1. The number of anilines is 4. The van der Waals surface area contributed by atoms with Crippen LogP contribution >= 0.6 is 0 Å². The molecule has 0 amide bonds. The Bertz CT molecular complexity index is 1380. The zero-order valence-corrected chi connectivity index (χ0v) is 20.0. The molecule has 2 aliphatic heterocycles. The van der Waals surface area contributed by atoms with Crippen LogP contribution in [0.3, 0.4) is 0 Å². The molecular formula is C25H29FN10. The Balaban J connectivity index is 1.07. The van der Waals surface area contributed by atoms with Gasteiger partial charge in [-0.05, 0) is 43.9 Å². The van der Waals surface area contributed by atoms with E-state index in [-0.39, 0.29) is 5.82 Å². The van der Waals surface area contributed by atoms with Crippen molar-refractivity contribution in [1.29, 1.82) is 0 Å². The highest BCUT2D eigenvalue weighted by molar-refractivity contribution is 5.85. The highest BCUT2D eigenvalue weighted by Gasteiger charge is 2.32. The van der Waals surface area contributed by atoms with Crippen LogP contribution in [0.4, 0.5) is 27.5 Å². The molecule has 4 aromatic rings. The standard InChI is InChI=1S/C25H29FN10/c26-18-11-16(1-4-19(18)31-15-5-8-35(9-6-15)17-2-3-17)32-25-33-23-22(29-14-30-23)24(34-25)36-10-7-20-21(12-36)28-13-27-20/h1,4,11,13-15,17,31H,2-3,5-10,12H2,(H,27,28)(H2,29,30,32,33,34). The Labute approximate surface area is 207 Å². The maximum atomic E-state index is 15.0. The number of rotatable bonds is 6. The number of benzene rings is 1. The van der Waals surface area contributed by atoms with Gasteiger partial charge in [0.1, 0.15) is 11.3 Å². The molecule has 36 heavy (non-hydrogen) atoms. The van der Waals surface area contributed by atoms with Crippen LogP contribution in [0.2, 0.25) is 0 Å². The monoisotopic (exact) mass is 488 g/mol. The van der Waals surface area contributed by atoms with Crippen molar-refractivity contribution in [1.82, 2.24) is 34.8 Å². The normalized spacial score (nSPS) is 19.0. The molecule has 2 fully saturated rings. The molecule has 0 spiro atoms. The van der Waals surface area contributed by atoms with Gasteiger partial charge < -0.3 is 30.4 Å². The number of hydrogen-bond acceptors (Lipinski definition) is 8. The quantitative estimate of drug-likeness (QED) is 0.326. The van der Waals surface area contributed by atoms with E-state index in [0.29, 0.717) is 35.6 Å². The number of H-pyrrole nitrogens is 2.